The summed E-state index contributed by atoms with van der Waals surface area (Å²) >= 11 is 0. The number of likely N-dealkylation sites (N-methyl/N-ethyl adjacent to an activating group) is 1. The van der Waals surface area contributed by atoms with Gasteiger partial charge >= 0.3 is 0 Å². The van der Waals surface area contributed by atoms with Crippen LogP contribution in [0.15, 0.2) is 54.6 Å². The van der Waals surface area contributed by atoms with Crippen LogP contribution in [0.2, 0.25) is 0 Å². The standard InChI is InChI=1S/C19H24N2O/c1-3-21(4-2)19(22)15-20-18-13-9-8-12-17(18)14-16-10-6-5-7-11-16/h5-13,20H,3-4,14-15H2,1-2H3. The third-order valence-corrected chi connectivity index (χ3v) is 3.80. The Morgan fingerprint density at radius 2 is 1.59 bits per heavy atom. The Kier molecular flexibility index (Phi) is 6.01. The molecule has 0 bridgehead atoms. The highest BCUT2D eigenvalue weighted by Crippen LogP contribution is 2.18. The molecule has 2 aromatic rings. The maximum absolute atomic E-state index is 12.1. The van der Waals surface area contributed by atoms with Crippen LogP contribution in [0.3, 0.4) is 0 Å². The molecule has 2 rings (SSSR count). The van der Waals surface area contributed by atoms with Gasteiger partial charge in [-0.05, 0) is 37.5 Å². The molecule has 0 aliphatic rings. The van der Waals surface area contributed by atoms with Crippen LogP contribution in [-0.4, -0.2) is 30.4 Å². The van der Waals surface area contributed by atoms with Crippen LogP contribution in [0.1, 0.15) is 25.0 Å². The van der Waals surface area contributed by atoms with Crippen molar-refractivity contribution in [3.8, 4) is 0 Å². The SMILES string of the molecule is CCN(CC)C(=O)CNc1ccccc1Cc1ccccc1. The topological polar surface area (TPSA) is 32.3 Å². The first-order valence-electron chi connectivity index (χ1n) is 7.88. The van der Waals surface area contributed by atoms with Crippen LogP contribution >= 0.6 is 0 Å². The molecule has 1 N–H and O–H groups in total. The maximum Gasteiger partial charge on any atom is 0.241 e. The van der Waals surface area contributed by atoms with Crippen molar-refractivity contribution >= 4 is 11.6 Å². The Morgan fingerprint density at radius 1 is 0.955 bits per heavy atom. The van der Waals surface area contributed by atoms with Crippen molar-refractivity contribution in [3.05, 3.63) is 65.7 Å². The molecule has 116 valence electrons. The van der Waals surface area contributed by atoms with E-state index in [0.717, 1.165) is 25.2 Å². The molecule has 0 heterocycles. The van der Waals surface area contributed by atoms with E-state index in [2.05, 4.69) is 35.6 Å². The molecule has 0 unspecified atom stereocenters. The summed E-state index contributed by atoms with van der Waals surface area (Å²) in [7, 11) is 0. The number of benzene rings is 2. The van der Waals surface area contributed by atoms with Gasteiger partial charge in [-0.25, -0.2) is 0 Å². The molecule has 0 spiro atoms. The predicted molar refractivity (Wildman–Crippen MR) is 92.1 cm³/mol. The van der Waals surface area contributed by atoms with Gasteiger partial charge in [0.05, 0.1) is 6.54 Å². The summed E-state index contributed by atoms with van der Waals surface area (Å²) in [6, 6.07) is 18.6. The fourth-order valence-corrected chi connectivity index (χ4v) is 2.52. The molecule has 0 saturated carbocycles. The van der Waals surface area contributed by atoms with Gasteiger partial charge in [-0.1, -0.05) is 48.5 Å². The molecule has 0 radical (unpaired) electrons. The van der Waals surface area contributed by atoms with Crippen molar-refractivity contribution in [2.24, 2.45) is 0 Å². The molecule has 0 aromatic heterocycles. The number of para-hydroxylation sites is 1. The Bertz CT molecular complexity index is 591. The molecule has 0 aliphatic carbocycles. The highest BCUT2D eigenvalue weighted by Gasteiger charge is 2.10. The van der Waals surface area contributed by atoms with Crippen LogP contribution in [0.25, 0.3) is 0 Å². The first kappa shape index (κ1) is 16.1. The molecule has 2 aromatic carbocycles. The fourth-order valence-electron chi connectivity index (χ4n) is 2.52. The fraction of sp³-hybridized carbons (Fsp3) is 0.316. The molecule has 1 amide bonds. The number of carbonyl (C=O) groups is 1. The summed E-state index contributed by atoms with van der Waals surface area (Å²) in [5.41, 5.74) is 3.51. The number of rotatable bonds is 7. The van der Waals surface area contributed by atoms with Gasteiger partial charge < -0.3 is 10.2 Å². The lowest BCUT2D eigenvalue weighted by Gasteiger charge is -2.20. The van der Waals surface area contributed by atoms with Crippen LogP contribution < -0.4 is 5.32 Å². The number of hydrogen-bond acceptors (Lipinski definition) is 2. The number of amides is 1. The van der Waals surface area contributed by atoms with Crippen molar-refractivity contribution in [2.75, 3.05) is 25.0 Å². The molecule has 0 saturated heterocycles. The van der Waals surface area contributed by atoms with Gasteiger partial charge in [-0.15, -0.1) is 0 Å². The van der Waals surface area contributed by atoms with E-state index in [1.807, 2.05) is 43.0 Å². The maximum atomic E-state index is 12.1. The zero-order valence-electron chi connectivity index (χ0n) is 13.4. The highest BCUT2D eigenvalue weighted by molar-refractivity contribution is 5.81. The molecule has 0 fully saturated rings. The van der Waals surface area contributed by atoms with E-state index in [4.69, 9.17) is 0 Å². The zero-order chi connectivity index (χ0) is 15.8. The van der Waals surface area contributed by atoms with Crippen molar-refractivity contribution < 1.29 is 4.79 Å². The van der Waals surface area contributed by atoms with Crippen LogP contribution in [0.5, 0.6) is 0 Å². The number of hydrogen-bond donors (Lipinski definition) is 1. The quantitative estimate of drug-likeness (QED) is 0.847. The van der Waals surface area contributed by atoms with Gasteiger partial charge in [0.1, 0.15) is 0 Å². The predicted octanol–water partition coefficient (Wildman–Crippen LogP) is 3.56. The van der Waals surface area contributed by atoms with Gasteiger partial charge in [-0.3, -0.25) is 4.79 Å². The normalized spacial score (nSPS) is 10.3. The minimum Gasteiger partial charge on any atom is -0.376 e. The van der Waals surface area contributed by atoms with Gasteiger partial charge in [-0.2, -0.15) is 0 Å². The molecule has 22 heavy (non-hydrogen) atoms. The Hall–Kier alpha value is -2.29. The summed E-state index contributed by atoms with van der Waals surface area (Å²) in [4.78, 5) is 14.0. The van der Waals surface area contributed by atoms with E-state index in [0.29, 0.717) is 6.54 Å². The Labute approximate surface area is 133 Å². The van der Waals surface area contributed by atoms with Crippen molar-refractivity contribution in [2.45, 2.75) is 20.3 Å². The van der Waals surface area contributed by atoms with E-state index < -0.39 is 0 Å². The van der Waals surface area contributed by atoms with Gasteiger partial charge in [0.25, 0.3) is 0 Å². The lowest BCUT2D eigenvalue weighted by atomic mass is 10.0. The van der Waals surface area contributed by atoms with Crippen LogP contribution in [-0.2, 0) is 11.2 Å². The zero-order valence-corrected chi connectivity index (χ0v) is 13.4. The highest BCUT2D eigenvalue weighted by atomic mass is 16.2. The monoisotopic (exact) mass is 296 g/mol. The Balaban J connectivity index is 2.04. The first-order chi connectivity index (χ1) is 10.7. The summed E-state index contributed by atoms with van der Waals surface area (Å²) in [5, 5.41) is 3.29. The van der Waals surface area contributed by atoms with Crippen molar-refractivity contribution in [1.29, 1.82) is 0 Å². The number of nitrogens with zero attached hydrogens (tertiary/aromatic N) is 1. The third-order valence-electron chi connectivity index (χ3n) is 3.80. The second kappa shape index (κ2) is 8.23. The van der Waals surface area contributed by atoms with Crippen LogP contribution in [0.4, 0.5) is 5.69 Å². The molecule has 0 atom stereocenters. The van der Waals surface area contributed by atoms with E-state index in [1.54, 1.807) is 0 Å². The van der Waals surface area contributed by atoms with Gasteiger partial charge in [0.15, 0.2) is 0 Å². The average Bonchev–Trinajstić information content (AvgIpc) is 2.56. The van der Waals surface area contributed by atoms with Gasteiger partial charge in [0.2, 0.25) is 5.91 Å². The summed E-state index contributed by atoms with van der Waals surface area (Å²) in [6.07, 6.45) is 0.865. The van der Waals surface area contributed by atoms with E-state index in [1.165, 1.54) is 11.1 Å². The largest absolute Gasteiger partial charge is 0.376 e. The lowest BCUT2D eigenvalue weighted by molar-refractivity contribution is -0.128. The summed E-state index contributed by atoms with van der Waals surface area (Å²) in [6.45, 7) is 5.86. The third kappa shape index (κ3) is 4.35. The molecule has 3 nitrogen and oxygen atoms in total. The van der Waals surface area contributed by atoms with E-state index in [-0.39, 0.29) is 5.91 Å². The molecule has 3 heteroatoms. The number of nitrogens with one attached hydrogen (secondary N) is 1. The smallest absolute Gasteiger partial charge is 0.241 e. The minimum absolute atomic E-state index is 0.138. The number of anilines is 1. The van der Waals surface area contributed by atoms with Crippen molar-refractivity contribution in [3.63, 3.8) is 0 Å². The molecular formula is C19H24N2O. The van der Waals surface area contributed by atoms with E-state index >= 15 is 0 Å². The Morgan fingerprint density at radius 3 is 2.27 bits per heavy atom. The lowest BCUT2D eigenvalue weighted by Crippen LogP contribution is -2.35. The first-order valence-corrected chi connectivity index (χ1v) is 7.88. The second-order valence-corrected chi connectivity index (χ2v) is 5.24. The second-order valence-electron chi connectivity index (χ2n) is 5.24. The van der Waals surface area contributed by atoms with Crippen LogP contribution in [0, 0.1) is 0 Å². The summed E-state index contributed by atoms with van der Waals surface area (Å²) in [5.74, 6) is 0.138. The van der Waals surface area contributed by atoms with Crippen molar-refractivity contribution in [1.82, 2.24) is 4.90 Å². The average molecular weight is 296 g/mol. The minimum atomic E-state index is 0.138. The molecular weight excluding hydrogens is 272 g/mol. The molecule has 0 aliphatic heterocycles. The van der Waals surface area contributed by atoms with Gasteiger partial charge in [0, 0.05) is 18.8 Å². The van der Waals surface area contributed by atoms with E-state index in [9.17, 15) is 4.79 Å². The number of carbonyl (C=O) groups excluding carboxylic acids is 1. The summed E-state index contributed by atoms with van der Waals surface area (Å²) < 4.78 is 0.